The Bertz CT molecular complexity index is 676. The molecule has 3 N–H and O–H groups in total. The summed E-state index contributed by atoms with van der Waals surface area (Å²) in [4.78, 5) is 7.12. The lowest BCUT2D eigenvalue weighted by Crippen LogP contribution is -2.24. The molecule has 0 fully saturated rings. The van der Waals surface area contributed by atoms with Gasteiger partial charge in [0.15, 0.2) is 0 Å². The van der Waals surface area contributed by atoms with Crippen LogP contribution in [0.3, 0.4) is 0 Å². The zero-order chi connectivity index (χ0) is 13.9. The molecule has 2 aromatic rings. The molecule has 0 aliphatic rings. The number of anilines is 1. The lowest BCUT2D eigenvalue weighted by Gasteiger charge is -2.07. The topological polar surface area (TPSA) is 98.0 Å². The third kappa shape index (κ3) is 3.24. The molecule has 1 heterocycles. The number of nitrogens with one attached hydrogen (secondary N) is 1. The normalized spacial score (nSPS) is 11.4. The van der Waals surface area contributed by atoms with E-state index in [9.17, 15) is 12.8 Å². The van der Waals surface area contributed by atoms with Crippen LogP contribution in [0.15, 0.2) is 41.7 Å². The molecule has 8 heteroatoms. The fourth-order valence-corrected chi connectivity index (χ4v) is 2.46. The van der Waals surface area contributed by atoms with E-state index in [-0.39, 0.29) is 12.2 Å². The highest BCUT2D eigenvalue weighted by Gasteiger charge is 2.18. The first-order valence-electron chi connectivity index (χ1n) is 5.28. The van der Waals surface area contributed by atoms with Gasteiger partial charge < -0.3 is 5.73 Å². The number of aromatic nitrogens is 2. The molecule has 0 amide bonds. The minimum absolute atomic E-state index is 0.0470. The van der Waals surface area contributed by atoms with Crippen LogP contribution in [0.2, 0.25) is 0 Å². The summed E-state index contributed by atoms with van der Waals surface area (Å²) < 4.78 is 39.6. The molecule has 1 aromatic heterocycles. The van der Waals surface area contributed by atoms with E-state index < -0.39 is 20.7 Å². The molecule has 0 bridgehead atoms. The number of benzene rings is 1. The van der Waals surface area contributed by atoms with Crippen molar-refractivity contribution in [1.82, 2.24) is 14.7 Å². The molecule has 0 saturated carbocycles. The highest BCUT2D eigenvalue weighted by Crippen LogP contribution is 2.17. The number of hydrogen-bond donors (Lipinski definition) is 2. The summed E-state index contributed by atoms with van der Waals surface area (Å²) in [7, 11) is -3.95. The third-order valence-electron chi connectivity index (χ3n) is 2.33. The third-order valence-corrected chi connectivity index (χ3v) is 3.77. The van der Waals surface area contributed by atoms with Crippen molar-refractivity contribution in [3.8, 4) is 0 Å². The summed E-state index contributed by atoms with van der Waals surface area (Å²) in [5, 5.41) is 0. The lowest BCUT2D eigenvalue weighted by molar-refractivity contribution is 0.556. The SMILES string of the molecule is Nc1ccc(S(=O)(=O)NCc2ccncn2)c(F)c1. The quantitative estimate of drug-likeness (QED) is 0.803. The van der Waals surface area contributed by atoms with Crippen LogP contribution in [0.4, 0.5) is 10.1 Å². The average molecular weight is 282 g/mol. The van der Waals surface area contributed by atoms with Crippen molar-refractivity contribution < 1.29 is 12.8 Å². The lowest BCUT2D eigenvalue weighted by atomic mass is 10.3. The van der Waals surface area contributed by atoms with Crippen molar-refractivity contribution in [1.29, 1.82) is 0 Å². The number of nitrogen functional groups attached to an aromatic ring is 1. The van der Waals surface area contributed by atoms with E-state index in [1.807, 2.05) is 0 Å². The molecule has 2 rings (SSSR count). The van der Waals surface area contributed by atoms with Gasteiger partial charge in [-0.1, -0.05) is 0 Å². The molecule has 6 nitrogen and oxygen atoms in total. The first-order chi connectivity index (χ1) is 8.99. The maximum Gasteiger partial charge on any atom is 0.243 e. The Morgan fingerprint density at radius 1 is 1.32 bits per heavy atom. The van der Waals surface area contributed by atoms with Crippen LogP contribution < -0.4 is 10.5 Å². The van der Waals surface area contributed by atoms with Gasteiger partial charge in [-0.2, -0.15) is 0 Å². The standard InChI is InChI=1S/C11H11FN4O2S/c12-10-5-8(13)1-2-11(10)19(17,18)16-6-9-3-4-14-7-15-9/h1-5,7,16H,6,13H2. The first-order valence-corrected chi connectivity index (χ1v) is 6.77. The maximum atomic E-state index is 13.5. The molecular formula is C11H11FN4O2S. The first kappa shape index (κ1) is 13.4. The predicted octanol–water partition coefficient (Wildman–Crippen LogP) is 0.676. The second kappa shape index (κ2) is 5.29. The summed E-state index contributed by atoms with van der Waals surface area (Å²) in [5.41, 5.74) is 6.00. The molecule has 0 unspecified atom stereocenters. The van der Waals surface area contributed by atoms with Crippen molar-refractivity contribution >= 4 is 15.7 Å². The zero-order valence-electron chi connectivity index (χ0n) is 9.75. The molecule has 0 atom stereocenters. The molecule has 0 spiro atoms. The van der Waals surface area contributed by atoms with Gasteiger partial charge in [-0.3, -0.25) is 0 Å². The van der Waals surface area contributed by atoms with Gasteiger partial charge in [0.05, 0.1) is 12.2 Å². The van der Waals surface area contributed by atoms with Gasteiger partial charge in [-0.05, 0) is 24.3 Å². The van der Waals surface area contributed by atoms with Gasteiger partial charge >= 0.3 is 0 Å². The number of sulfonamides is 1. The van der Waals surface area contributed by atoms with E-state index in [0.717, 1.165) is 12.1 Å². The maximum absolute atomic E-state index is 13.5. The van der Waals surface area contributed by atoms with Crippen molar-refractivity contribution in [3.63, 3.8) is 0 Å². The van der Waals surface area contributed by atoms with E-state index in [2.05, 4.69) is 14.7 Å². The van der Waals surface area contributed by atoms with E-state index in [4.69, 9.17) is 5.73 Å². The largest absolute Gasteiger partial charge is 0.399 e. The highest BCUT2D eigenvalue weighted by molar-refractivity contribution is 7.89. The average Bonchev–Trinajstić information content (AvgIpc) is 2.37. The second-order valence-electron chi connectivity index (χ2n) is 3.72. The van der Waals surface area contributed by atoms with Gasteiger partial charge in [0.25, 0.3) is 0 Å². The molecular weight excluding hydrogens is 271 g/mol. The van der Waals surface area contributed by atoms with Gasteiger partial charge in [0.2, 0.25) is 10.0 Å². The zero-order valence-corrected chi connectivity index (χ0v) is 10.6. The summed E-state index contributed by atoms with van der Waals surface area (Å²) in [6, 6.07) is 4.95. The van der Waals surface area contributed by atoms with E-state index in [1.54, 1.807) is 6.07 Å². The van der Waals surface area contributed by atoms with Crippen molar-refractivity contribution in [2.45, 2.75) is 11.4 Å². The van der Waals surface area contributed by atoms with Crippen molar-refractivity contribution in [3.05, 3.63) is 48.3 Å². The van der Waals surface area contributed by atoms with Crippen LogP contribution in [0, 0.1) is 5.82 Å². The van der Waals surface area contributed by atoms with E-state index >= 15 is 0 Å². The van der Waals surface area contributed by atoms with Crippen LogP contribution in [0.1, 0.15) is 5.69 Å². The number of halogens is 1. The van der Waals surface area contributed by atoms with Crippen LogP contribution in [0.5, 0.6) is 0 Å². The van der Waals surface area contributed by atoms with E-state index in [1.165, 1.54) is 18.6 Å². The monoisotopic (exact) mass is 282 g/mol. The van der Waals surface area contributed by atoms with Gasteiger partial charge in [0, 0.05) is 11.9 Å². The Hall–Kier alpha value is -2.06. The van der Waals surface area contributed by atoms with Gasteiger partial charge in [-0.15, -0.1) is 0 Å². The van der Waals surface area contributed by atoms with Crippen LogP contribution in [0.25, 0.3) is 0 Å². The number of nitrogens with two attached hydrogens (primary N) is 1. The predicted molar refractivity (Wildman–Crippen MR) is 66.9 cm³/mol. The minimum atomic E-state index is -3.95. The molecule has 1 aromatic carbocycles. The van der Waals surface area contributed by atoms with Gasteiger partial charge in [0.1, 0.15) is 17.0 Å². The Kier molecular flexibility index (Phi) is 3.72. The number of hydrogen-bond acceptors (Lipinski definition) is 5. The molecule has 19 heavy (non-hydrogen) atoms. The molecule has 0 radical (unpaired) electrons. The Labute approximate surface area is 109 Å². The summed E-state index contributed by atoms with van der Waals surface area (Å²) in [6.07, 6.45) is 2.79. The summed E-state index contributed by atoms with van der Waals surface area (Å²) in [5.74, 6) is -0.893. The number of nitrogens with zero attached hydrogens (tertiary/aromatic N) is 2. The Morgan fingerprint density at radius 2 is 2.11 bits per heavy atom. The van der Waals surface area contributed by atoms with Gasteiger partial charge in [-0.25, -0.2) is 27.5 Å². The van der Waals surface area contributed by atoms with Crippen LogP contribution >= 0.6 is 0 Å². The second-order valence-corrected chi connectivity index (χ2v) is 5.45. The van der Waals surface area contributed by atoms with Crippen LogP contribution in [-0.4, -0.2) is 18.4 Å². The minimum Gasteiger partial charge on any atom is -0.399 e. The fourth-order valence-electron chi connectivity index (χ4n) is 1.40. The summed E-state index contributed by atoms with van der Waals surface area (Å²) >= 11 is 0. The molecule has 0 aliphatic heterocycles. The molecule has 0 aliphatic carbocycles. The van der Waals surface area contributed by atoms with Crippen molar-refractivity contribution in [2.75, 3.05) is 5.73 Å². The van der Waals surface area contributed by atoms with E-state index in [0.29, 0.717) is 5.69 Å². The summed E-state index contributed by atoms with van der Waals surface area (Å²) in [6.45, 7) is -0.0470. The highest BCUT2D eigenvalue weighted by atomic mass is 32.2. The number of rotatable bonds is 4. The van der Waals surface area contributed by atoms with Crippen molar-refractivity contribution in [2.24, 2.45) is 0 Å². The van der Waals surface area contributed by atoms with Crippen LogP contribution in [-0.2, 0) is 16.6 Å². The molecule has 100 valence electrons. The fraction of sp³-hybridized carbons (Fsp3) is 0.0909. The smallest absolute Gasteiger partial charge is 0.243 e. The Balaban J connectivity index is 2.19. The molecule has 0 saturated heterocycles. The Morgan fingerprint density at radius 3 is 2.74 bits per heavy atom.